The Labute approximate surface area is 127 Å². The van der Waals surface area contributed by atoms with Crippen molar-refractivity contribution >= 4 is 0 Å². The van der Waals surface area contributed by atoms with Crippen LogP contribution in [-0.2, 0) is 13.0 Å². The average Bonchev–Trinajstić information content (AvgIpc) is 2.50. The summed E-state index contributed by atoms with van der Waals surface area (Å²) < 4.78 is 5.77. The SMILES string of the molecule is CC(C)CNCc1ccc(OCCc2ccncc2)cc1. The molecular formula is C18H24N2O. The van der Waals surface area contributed by atoms with Crippen LogP contribution in [0.5, 0.6) is 5.75 Å². The zero-order chi connectivity index (χ0) is 14.9. The highest BCUT2D eigenvalue weighted by atomic mass is 16.5. The Hall–Kier alpha value is -1.87. The largest absolute Gasteiger partial charge is 0.493 e. The molecule has 0 amide bonds. The number of pyridine rings is 1. The summed E-state index contributed by atoms with van der Waals surface area (Å²) in [6.45, 7) is 7.08. The van der Waals surface area contributed by atoms with E-state index in [1.807, 2.05) is 36.7 Å². The highest BCUT2D eigenvalue weighted by molar-refractivity contribution is 5.27. The Morgan fingerprint density at radius 2 is 1.71 bits per heavy atom. The van der Waals surface area contributed by atoms with Gasteiger partial charge >= 0.3 is 0 Å². The first kappa shape index (κ1) is 15.5. The van der Waals surface area contributed by atoms with Gasteiger partial charge < -0.3 is 10.1 Å². The van der Waals surface area contributed by atoms with Gasteiger partial charge in [0.1, 0.15) is 5.75 Å². The van der Waals surface area contributed by atoms with Crippen LogP contribution in [0, 0.1) is 5.92 Å². The first-order valence-electron chi connectivity index (χ1n) is 7.55. The molecule has 1 aromatic carbocycles. The fourth-order valence-electron chi connectivity index (χ4n) is 2.04. The van der Waals surface area contributed by atoms with Gasteiger partial charge in [-0.2, -0.15) is 0 Å². The molecule has 21 heavy (non-hydrogen) atoms. The molecule has 0 aliphatic heterocycles. The molecule has 3 heteroatoms. The van der Waals surface area contributed by atoms with E-state index in [0.29, 0.717) is 12.5 Å². The number of hydrogen-bond donors (Lipinski definition) is 1. The van der Waals surface area contributed by atoms with E-state index in [0.717, 1.165) is 25.3 Å². The van der Waals surface area contributed by atoms with E-state index >= 15 is 0 Å². The standard InChI is InChI=1S/C18H24N2O/c1-15(2)13-20-14-17-3-5-18(6-4-17)21-12-9-16-7-10-19-11-8-16/h3-8,10-11,15,20H,9,12-14H2,1-2H3. The fourth-order valence-corrected chi connectivity index (χ4v) is 2.04. The molecule has 1 N–H and O–H groups in total. The molecular weight excluding hydrogens is 260 g/mol. The zero-order valence-electron chi connectivity index (χ0n) is 12.9. The number of ether oxygens (including phenoxy) is 1. The van der Waals surface area contributed by atoms with E-state index in [1.54, 1.807) is 0 Å². The van der Waals surface area contributed by atoms with Gasteiger partial charge in [0.2, 0.25) is 0 Å². The van der Waals surface area contributed by atoms with Crippen molar-refractivity contribution in [3.63, 3.8) is 0 Å². The lowest BCUT2D eigenvalue weighted by Gasteiger charge is -2.09. The summed E-state index contributed by atoms with van der Waals surface area (Å²) in [5.41, 5.74) is 2.54. The van der Waals surface area contributed by atoms with Crippen molar-refractivity contribution in [2.75, 3.05) is 13.2 Å². The Morgan fingerprint density at radius 1 is 1.00 bits per heavy atom. The predicted octanol–water partition coefficient (Wildman–Crippen LogP) is 3.45. The second-order valence-corrected chi connectivity index (χ2v) is 5.62. The number of benzene rings is 1. The molecule has 1 aromatic heterocycles. The third-order valence-electron chi connectivity index (χ3n) is 3.21. The summed E-state index contributed by atoms with van der Waals surface area (Å²) in [6.07, 6.45) is 4.53. The summed E-state index contributed by atoms with van der Waals surface area (Å²) in [4.78, 5) is 4.01. The number of nitrogens with zero attached hydrogens (tertiary/aromatic N) is 1. The van der Waals surface area contributed by atoms with Crippen LogP contribution in [0.25, 0.3) is 0 Å². The molecule has 0 unspecified atom stereocenters. The van der Waals surface area contributed by atoms with E-state index < -0.39 is 0 Å². The average molecular weight is 284 g/mol. The van der Waals surface area contributed by atoms with Crippen LogP contribution in [0.1, 0.15) is 25.0 Å². The van der Waals surface area contributed by atoms with E-state index in [-0.39, 0.29) is 0 Å². The Kier molecular flexibility index (Phi) is 6.22. The second kappa shape index (κ2) is 8.42. The van der Waals surface area contributed by atoms with Crippen molar-refractivity contribution in [1.82, 2.24) is 10.3 Å². The zero-order valence-corrected chi connectivity index (χ0v) is 12.9. The highest BCUT2D eigenvalue weighted by Crippen LogP contribution is 2.12. The van der Waals surface area contributed by atoms with Gasteiger partial charge in [-0.3, -0.25) is 4.98 Å². The van der Waals surface area contributed by atoms with Gasteiger partial charge in [0.05, 0.1) is 6.61 Å². The molecule has 0 radical (unpaired) electrons. The van der Waals surface area contributed by atoms with E-state index in [9.17, 15) is 0 Å². The molecule has 3 nitrogen and oxygen atoms in total. The lowest BCUT2D eigenvalue weighted by atomic mass is 10.2. The molecule has 2 rings (SSSR count). The molecule has 0 aliphatic carbocycles. The molecule has 0 saturated carbocycles. The number of rotatable bonds is 8. The minimum Gasteiger partial charge on any atom is -0.493 e. The maximum atomic E-state index is 5.77. The van der Waals surface area contributed by atoms with E-state index in [2.05, 4.69) is 36.3 Å². The van der Waals surface area contributed by atoms with Gasteiger partial charge in [0.15, 0.2) is 0 Å². The van der Waals surface area contributed by atoms with Crippen LogP contribution in [-0.4, -0.2) is 18.1 Å². The number of hydrogen-bond acceptors (Lipinski definition) is 3. The molecule has 0 fully saturated rings. The summed E-state index contributed by atoms with van der Waals surface area (Å²) >= 11 is 0. The number of aromatic nitrogens is 1. The minimum absolute atomic E-state index is 0.681. The molecule has 0 bridgehead atoms. The topological polar surface area (TPSA) is 34.1 Å². The Balaban J connectivity index is 1.72. The van der Waals surface area contributed by atoms with Crippen molar-refractivity contribution < 1.29 is 4.74 Å². The van der Waals surface area contributed by atoms with Crippen LogP contribution in [0.15, 0.2) is 48.8 Å². The quantitative estimate of drug-likeness (QED) is 0.806. The fraction of sp³-hybridized carbons (Fsp3) is 0.389. The van der Waals surface area contributed by atoms with Crippen molar-refractivity contribution in [3.05, 3.63) is 59.9 Å². The highest BCUT2D eigenvalue weighted by Gasteiger charge is 1.98. The van der Waals surface area contributed by atoms with Crippen molar-refractivity contribution in [3.8, 4) is 5.75 Å². The summed E-state index contributed by atoms with van der Waals surface area (Å²) in [5.74, 6) is 1.61. The third-order valence-corrected chi connectivity index (χ3v) is 3.21. The van der Waals surface area contributed by atoms with Crippen molar-refractivity contribution in [1.29, 1.82) is 0 Å². The van der Waals surface area contributed by atoms with Gasteiger partial charge in [-0.15, -0.1) is 0 Å². The van der Waals surface area contributed by atoms with Crippen LogP contribution in [0.2, 0.25) is 0 Å². The third kappa shape index (κ3) is 5.96. The lowest BCUT2D eigenvalue weighted by Crippen LogP contribution is -2.18. The maximum Gasteiger partial charge on any atom is 0.119 e. The van der Waals surface area contributed by atoms with Crippen LogP contribution in [0.3, 0.4) is 0 Å². The van der Waals surface area contributed by atoms with Crippen LogP contribution < -0.4 is 10.1 Å². The molecule has 0 aliphatic rings. The second-order valence-electron chi connectivity index (χ2n) is 5.62. The first-order valence-corrected chi connectivity index (χ1v) is 7.55. The predicted molar refractivity (Wildman–Crippen MR) is 86.4 cm³/mol. The molecule has 0 saturated heterocycles. The Morgan fingerprint density at radius 3 is 2.38 bits per heavy atom. The molecule has 0 spiro atoms. The lowest BCUT2D eigenvalue weighted by molar-refractivity contribution is 0.322. The normalized spacial score (nSPS) is 10.8. The van der Waals surface area contributed by atoms with Gasteiger partial charge in [-0.25, -0.2) is 0 Å². The Bertz CT molecular complexity index is 509. The molecule has 2 aromatic rings. The van der Waals surface area contributed by atoms with Gasteiger partial charge in [-0.05, 0) is 47.9 Å². The maximum absolute atomic E-state index is 5.77. The van der Waals surface area contributed by atoms with Gasteiger partial charge in [0.25, 0.3) is 0 Å². The van der Waals surface area contributed by atoms with E-state index in [4.69, 9.17) is 4.74 Å². The molecule has 1 heterocycles. The molecule has 0 atom stereocenters. The van der Waals surface area contributed by atoms with Crippen LogP contribution >= 0.6 is 0 Å². The summed E-state index contributed by atoms with van der Waals surface area (Å²) in [5, 5.41) is 3.44. The van der Waals surface area contributed by atoms with Crippen molar-refractivity contribution in [2.45, 2.75) is 26.8 Å². The monoisotopic (exact) mass is 284 g/mol. The minimum atomic E-state index is 0.681. The van der Waals surface area contributed by atoms with Gasteiger partial charge in [-0.1, -0.05) is 26.0 Å². The van der Waals surface area contributed by atoms with E-state index in [1.165, 1.54) is 11.1 Å². The first-order chi connectivity index (χ1) is 10.2. The van der Waals surface area contributed by atoms with Gasteiger partial charge in [0, 0.05) is 25.4 Å². The number of nitrogens with one attached hydrogen (secondary N) is 1. The summed E-state index contributed by atoms with van der Waals surface area (Å²) in [6, 6.07) is 12.4. The smallest absolute Gasteiger partial charge is 0.119 e. The summed E-state index contributed by atoms with van der Waals surface area (Å²) in [7, 11) is 0. The van der Waals surface area contributed by atoms with Crippen molar-refractivity contribution in [2.24, 2.45) is 5.92 Å². The van der Waals surface area contributed by atoms with Crippen LogP contribution in [0.4, 0.5) is 0 Å². The molecule has 112 valence electrons.